The van der Waals surface area contributed by atoms with Gasteiger partial charge in [-0.1, -0.05) is 18.2 Å². The molecule has 0 N–H and O–H groups in total. The molecule has 0 fully saturated rings. The van der Waals surface area contributed by atoms with Gasteiger partial charge in [0.1, 0.15) is 11.6 Å². The van der Waals surface area contributed by atoms with Crippen LogP contribution < -0.4 is 4.74 Å². The van der Waals surface area contributed by atoms with Gasteiger partial charge in [0.05, 0.1) is 6.61 Å². The lowest BCUT2D eigenvalue weighted by Gasteiger charge is -2.05. The molecule has 0 spiro atoms. The molecule has 0 unspecified atom stereocenters. The molecular weight excluding hydrogens is 231 g/mol. The number of hydrogen-bond donors (Lipinski definition) is 0. The van der Waals surface area contributed by atoms with Gasteiger partial charge < -0.3 is 4.74 Å². The Morgan fingerprint density at radius 2 is 1.67 bits per heavy atom. The SMILES string of the molecule is O=C(CCOc1ccccc1)c1ccc(F)cc1. The third-order valence-electron chi connectivity index (χ3n) is 2.51. The van der Waals surface area contributed by atoms with Gasteiger partial charge in [-0.3, -0.25) is 4.79 Å². The smallest absolute Gasteiger partial charge is 0.166 e. The zero-order valence-corrected chi connectivity index (χ0v) is 9.80. The van der Waals surface area contributed by atoms with E-state index in [1.807, 2.05) is 30.3 Å². The van der Waals surface area contributed by atoms with Crippen LogP contribution in [0, 0.1) is 5.82 Å². The molecule has 2 aromatic rings. The second-order valence-corrected chi connectivity index (χ2v) is 3.84. The summed E-state index contributed by atoms with van der Waals surface area (Å²) in [6.45, 7) is 0.320. The fraction of sp³-hybridized carbons (Fsp3) is 0.133. The summed E-state index contributed by atoms with van der Waals surface area (Å²) in [5.74, 6) is 0.349. The molecule has 2 rings (SSSR count). The van der Waals surface area contributed by atoms with Gasteiger partial charge in [0.25, 0.3) is 0 Å². The summed E-state index contributed by atoms with van der Waals surface area (Å²) in [6, 6.07) is 14.9. The summed E-state index contributed by atoms with van der Waals surface area (Å²) in [4.78, 5) is 11.7. The molecule has 0 atom stereocenters. The maximum absolute atomic E-state index is 12.7. The van der Waals surface area contributed by atoms with Crippen LogP contribution >= 0.6 is 0 Å². The van der Waals surface area contributed by atoms with Crippen molar-refractivity contribution >= 4 is 5.78 Å². The van der Waals surface area contributed by atoms with Crippen LogP contribution in [0.25, 0.3) is 0 Å². The molecule has 2 nitrogen and oxygen atoms in total. The minimum atomic E-state index is -0.341. The van der Waals surface area contributed by atoms with Crippen LogP contribution in [0.4, 0.5) is 4.39 Å². The maximum Gasteiger partial charge on any atom is 0.166 e. The molecule has 3 heteroatoms. The van der Waals surface area contributed by atoms with Crippen LogP contribution in [-0.2, 0) is 0 Å². The zero-order chi connectivity index (χ0) is 12.8. The Balaban J connectivity index is 1.84. The quantitative estimate of drug-likeness (QED) is 0.753. The standard InChI is InChI=1S/C15H13FO2/c16-13-8-6-12(7-9-13)15(17)10-11-18-14-4-2-1-3-5-14/h1-9H,10-11H2. The minimum absolute atomic E-state index is 0.0501. The fourth-order valence-corrected chi connectivity index (χ4v) is 1.56. The number of benzene rings is 2. The minimum Gasteiger partial charge on any atom is -0.493 e. The number of para-hydroxylation sites is 1. The lowest BCUT2D eigenvalue weighted by Crippen LogP contribution is -2.06. The van der Waals surface area contributed by atoms with Crippen LogP contribution in [0.2, 0.25) is 0 Å². The Hall–Kier alpha value is -2.16. The molecule has 18 heavy (non-hydrogen) atoms. The first kappa shape index (κ1) is 12.3. The first-order valence-electron chi connectivity index (χ1n) is 5.72. The highest BCUT2D eigenvalue weighted by Crippen LogP contribution is 2.10. The third-order valence-corrected chi connectivity index (χ3v) is 2.51. The summed E-state index contributed by atoms with van der Waals surface area (Å²) in [5.41, 5.74) is 0.507. The van der Waals surface area contributed by atoms with Gasteiger partial charge in [-0.2, -0.15) is 0 Å². The fourth-order valence-electron chi connectivity index (χ4n) is 1.56. The highest BCUT2D eigenvalue weighted by atomic mass is 19.1. The van der Waals surface area contributed by atoms with Crippen LogP contribution in [0.15, 0.2) is 54.6 Å². The van der Waals surface area contributed by atoms with E-state index < -0.39 is 0 Å². The summed E-state index contributed by atoms with van der Waals surface area (Å²) in [6.07, 6.45) is 0.278. The lowest BCUT2D eigenvalue weighted by atomic mass is 10.1. The molecule has 0 bridgehead atoms. The van der Waals surface area contributed by atoms with Crippen molar-refractivity contribution in [3.8, 4) is 5.75 Å². The van der Waals surface area contributed by atoms with Gasteiger partial charge in [0.2, 0.25) is 0 Å². The van der Waals surface area contributed by atoms with Crippen molar-refractivity contribution in [1.29, 1.82) is 0 Å². The average Bonchev–Trinajstić information content (AvgIpc) is 2.40. The van der Waals surface area contributed by atoms with Crippen LogP contribution in [0.1, 0.15) is 16.8 Å². The summed E-state index contributed by atoms with van der Waals surface area (Å²) in [5, 5.41) is 0. The van der Waals surface area contributed by atoms with E-state index in [4.69, 9.17) is 4.74 Å². The topological polar surface area (TPSA) is 26.3 Å². The molecule has 0 heterocycles. The van der Waals surface area contributed by atoms with E-state index in [-0.39, 0.29) is 18.0 Å². The molecule has 2 aromatic carbocycles. The summed E-state index contributed by atoms with van der Waals surface area (Å²) in [7, 11) is 0. The Kier molecular flexibility index (Phi) is 4.07. The Morgan fingerprint density at radius 3 is 2.33 bits per heavy atom. The molecule has 0 aliphatic carbocycles. The molecule has 0 aliphatic rings. The average molecular weight is 244 g/mol. The molecule has 0 radical (unpaired) electrons. The molecule has 0 aliphatic heterocycles. The molecule has 0 saturated heterocycles. The number of ether oxygens (including phenoxy) is 1. The van der Waals surface area contributed by atoms with Crippen molar-refractivity contribution in [2.45, 2.75) is 6.42 Å². The van der Waals surface area contributed by atoms with E-state index in [0.29, 0.717) is 12.2 Å². The number of hydrogen-bond acceptors (Lipinski definition) is 2. The molecule has 0 saturated carbocycles. The first-order chi connectivity index (χ1) is 8.75. The largest absolute Gasteiger partial charge is 0.493 e. The molecule has 0 aromatic heterocycles. The van der Waals surface area contributed by atoms with E-state index in [1.54, 1.807) is 0 Å². The number of ketones is 1. The van der Waals surface area contributed by atoms with Crippen molar-refractivity contribution in [1.82, 2.24) is 0 Å². The normalized spacial score (nSPS) is 10.1. The van der Waals surface area contributed by atoms with Crippen LogP contribution in [-0.4, -0.2) is 12.4 Å². The molecule has 0 amide bonds. The maximum atomic E-state index is 12.7. The lowest BCUT2D eigenvalue weighted by molar-refractivity contribution is 0.0962. The van der Waals surface area contributed by atoms with Gasteiger partial charge in [-0.15, -0.1) is 0 Å². The van der Waals surface area contributed by atoms with E-state index in [2.05, 4.69) is 0 Å². The number of halogens is 1. The van der Waals surface area contributed by atoms with Gasteiger partial charge in [-0.05, 0) is 36.4 Å². The zero-order valence-electron chi connectivity index (χ0n) is 9.80. The van der Waals surface area contributed by atoms with E-state index in [9.17, 15) is 9.18 Å². The van der Waals surface area contributed by atoms with Gasteiger partial charge >= 0.3 is 0 Å². The highest BCUT2D eigenvalue weighted by molar-refractivity contribution is 5.96. The Bertz CT molecular complexity index is 506. The first-order valence-corrected chi connectivity index (χ1v) is 5.72. The van der Waals surface area contributed by atoms with Gasteiger partial charge in [0.15, 0.2) is 5.78 Å². The number of rotatable bonds is 5. The molecule has 92 valence electrons. The number of carbonyl (C=O) groups excluding carboxylic acids is 1. The van der Waals surface area contributed by atoms with Crippen LogP contribution in [0.5, 0.6) is 5.75 Å². The van der Waals surface area contributed by atoms with E-state index >= 15 is 0 Å². The summed E-state index contributed by atoms with van der Waals surface area (Å²) < 4.78 is 18.1. The Morgan fingerprint density at radius 1 is 1.00 bits per heavy atom. The van der Waals surface area contributed by atoms with E-state index in [1.165, 1.54) is 24.3 Å². The van der Waals surface area contributed by atoms with Crippen molar-refractivity contribution in [2.24, 2.45) is 0 Å². The predicted molar refractivity (Wildman–Crippen MR) is 67.3 cm³/mol. The van der Waals surface area contributed by atoms with Crippen molar-refractivity contribution < 1.29 is 13.9 Å². The van der Waals surface area contributed by atoms with Crippen molar-refractivity contribution in [3.63, 3.8) is 0 Å². The van der Waals surface area contributed by atoms with Gasteiger partial charge in [-0.25, -0.2) is 4.39 Å². The van der Waals surface area contributed by atoms with Crippen LogP contribution in [0.3, 0.4) is 0 Å². The second kappa shape index (κ2) is 5.96. The van der Waals surface area contributed by atoms with Crippen molar-refractivity contribution in [2.75, 3.05) is 6.61 Å². The summed E-state index contributed by atoms with van der Waals surface area (Å²) >= 11 is 0. The van der Waals surface area contributed by atoms with E-state index in [0.717, 1.165) is 5.75 Å². The number of carbonyl (C=O) groups is 1. The number of Topliss-reactive ketones (excluding diaryl/α,β-unsaturated/α-hetero) is 1. The monoisotopic (exact) mass is 244 g/mol. The molecular formula is C15H13FO2. The second-order valence-electron chi connectivity index (χ2n) is 3.84. The van der Waals surface area contributed by atoms with Gasteiger partial charge in [0, 0.05) is 12.0 Å². The predicted octanol–water partition coefficient (Wildman–Crippen LogP) is 3.48. The third kappa shape index (κ3) is 3.42. The Labute approximate surface area is 105 Å². The van der Waals surface area contributed by atoms with Crippen molar-refractivity contribution in [3.05, 3.63) is 66.0 Å². The highest BCUT2D eigenvalue weighted by Gasteiger charge is 2.05.